The Hall–Kier alpha value is -3.75. The number of fused-ring (bicyclic) bond motifs is 1. The van der Waals surface area contributed by atoms with Crippen molar-refractivity contribution >= 4 is 40.2 Å². The lowest BCUT2D eigenvalue weighted by Gasteiger charge is -2.19. The molecule has 0 atom stereocenters. The second kappa shape index (κ2) is 8.95. The number of imidazole rings is 1. The molecule has 1 amide bonds. The first kappa shape index (κ1) is 21.9. The third-order valence-electron chi connectivity index (χ3n) is 5.21. The molecular weight excluding hydrogens is 398 g/mol. The largest absolute Gasteiger partial charge is 0.382 e. The minimum absolute atomic E-state index is 0.00847. The van der Waals surface area contributed by atoms with E-state index in [2.05, 4.69) is 4.98 Å². The predicted molar refractivity (Wildman–Crippen MR) is 118 cm³/mol. The molecule has 31 heavy (non-hydrogen) atoms. The molecular formula is C22H25N5O4. The van der Waals surface area contributed by atoms with Crippen LogP contribution in [0.2, 0.25) is 0 Å². The van der Waals surface area contributed by atoms with Gasteiger partial charge in [-0.05, 0) is 35.9 Å². The molecule has 3 aromatic rings. The fraction of sp³-hybridized carbons (Fsp3) is 0.318. The monoisotopic (exact) mass is 423 g/mol. The number of amides is 1. The van der Waals surface area contributed by atoms with E-state index in [0.717, 1.165) is 16.5 Å². The van der Waals surface area contributed by atoms with Gasteiger partial charge in [0.1, 0.15) is 12.7 Å². The van der Waals surface area contributed by atoms with Crippen LogP contribution in [-0.2, 0) is 16.1 Å². The third-order valence-corrected chi connectivity index (χ3v) is 5.21. The zero-order valence-corrected chi connectivity index (χ0v) is 18.0. The van der Waals surface area contributed by atoms with Crippen molar-refractivity contribution < 1.29 is 14.5 Å². The summed E-state index contributed by atoms with van der Waals surface area (Å²) in [5.74, 6) is -0.230. The number of aromatic nitrogens is 3. The van der Waals surface area contributed by atoms with Gasteiger partial charge in [0.15, 0.2) is 5.78 Å². The molecule has 0 radical (unpaired) electrons. The zero-order chi connectivity index (χ0) is 22.7. The maximum atomic E-state index is 12.7. The lowest BCUT2D eigenvalue weighted by molar-refractivity contribution is -0.389. The second-order valence-corrected chi connectivity index (χ2v) is 7.15. The van der Waals surface area contributed by atoms with Gasteiger partial charge in [-0.25, -0.2) is 0 Å². The Labute approximate surface area is 179 Å². The minimum atomic E-state index is -0.591. The highest BCUT2D eigenvalue weighted by Crippen LogP contribution is 2.26. The van der Waals surface area contributed by atoms with Crippen molar-refractivity contribution in [3.63, 3.8) is 0 Å². The van der Waals surface area contributed by atoms with Gasteiger partial charge in [-0.3, -0.25) is 14.2 Å². The number of carbonyl (C=O) groups excluding carboxylic acids is 2. The maximum Gasteiger partial charge on any atom is 0.382 e. The van der Waals surface area contributed by atoms with Gasteiger partial charge in [-0.1, -0.05) is 18.2 Å². The molecule has 162 valence electrons. The summed E-state index contributed by atoms with van der Waals surface area (Å²) in [6.07, 6.45) is 4.75. The molecule has 0 saturated carbocycles. The van der Waals surface area contributed by atoms with Crippen LogP contribution < -0.4 is 0 Å². The van der Waals surface area contributed by atoms with Crippen molar-refractivity contribution in [3.05, 3.63) is 58.2 Å². The number of nitro groups is 1. The highest BCUT2D eigenvalue weighted by atomic mass is 16.6. The zero-order valence-electron chi connectivity index (χ0n) is 18.0. The average molecular weight is 423 g/mol. The van der Waals surface area contributed by atoms with Gasteiger partial charge >= 0.3 is 5.82 Å². The summed E-state index contributed by atoms with van der Waals surface area (Å²) < 4.78 is 3.29. The second-order valence-electron chi connectivity index (χ2n) is 7.15. The smallest absolute Gasteiger partial charge is 0.358 e. The molecule has 0 unspecified atom stereocenters. The highest BCUT2D eigenvalue weighted by molar-refractivity contribution is 6.19. The van der Waals surface area contributed by atoms with Crippen molar-refractivity contribution in [1.82, 2.24) is 19.0 Å². The number of hydrogen-bond acceptors (Lipinski definition) is 5. The number of ketones is 1. The molecule has 0 saturated heterocycles. The molecule has 3 rings (SSSR count). The Bertz CT molecular complexity index is 1180. The first-order valence-electron chi connectivity index (χ1n) is 10.1. The Kier molecular flexibility index (Phi) is 6.33. The number of aryl methyl sites for hydroxylation is 1. The first-order chi connectivity index (χ1) is 14.8. The SMILES string of the molecule is CCN(CC)C(=O)Cn1cc(/C=C(/C(C)=O)n2cc([N+](=O)[O-])nc2C)c2ccccc21. The Morgan fingerprint density at radius 1 is 1.19 bits per heavy atom. The van der Waals surface area contributed by atoms with E-state index in [-0.39, 0.29) is 29.8 Å². The van der Waals surface area contributed by atoms with Gasteiger partial charge in [-0.2, -0.15) is 0 Å². The van der Waals surface area contributed by atoms with Crippen molar-refractivity contribution in [2.24, 2.45) is 0 Å². The summed E-state index contributed by atoms with van der Waals surface area (Å²) in [5.41, 5.74) is 1.87. The number of Topliss-reactive ketones (excluding diaryl/α,β-unsaturated/α-hetero) is 1. The Morgan fingerprint density at radius 2 is 1.87 bits per heavy atom. The molecule has 0 aliphatic heterocycles. The van der Waals surface area contributed by atoms with Gasteiger partial charge in [0.25, 0.3) is 0 Å². The third kappa shape index (κ3) is 4.40. The molecule has 0 aliphatic carbocycles. The van der Waals surface area contributed by atoms with Crippen LogP contribution in [0.5, 0.6) is 0 Å². The summed E-state index contributed by atoms with van der Waals surface area (Å²) in [6.45, 7) is 8.34. The number of likely N-dealkylation sites (N-methyl/N-ethyl adjacent to an activating group) is 1. The maximum absolute atomic E-state index is 12.7. The summed E-state index contributed by atoms with van der Waals surface area (Å²) in [6, 6.07) is 7.61. The molecule has 0 N–H and O–H groups in total. The average Bonchev–Trinajstić information content (AvgIpc) is 3.28. The van der Waals surface area contributed by atoms with Crippen LogP contribution in [0.3, 0.4) is 0 Å². The van der Waals surface area contributed by atoms with Gasteiger partial charge in [0, 0.05) is 49.6 Å². The standard InChI is InChI=1S/C22H25N5O4/c1-5-24(6-2)22(29)14-25-12-17(18-9-7-8-10-19(18)25)11-20(15(3)28)26-13-21(27(30)31)23-16(26)4/h7-13H,5-6,14H2,1-4H3/b20-11-. The predicted octanol–water partition coefficient (Wildman–Crippen LogP) is 3.51. The van der Waals surface area contributed by atoms with Crippen LogP contribution in [0.4, 0.5) is 5.82 Å². The van der Waals surface area contributed by atoms with Crippen LogP contribution in [-0.4, -0.2) is 48.7 Å². The quantitative estimate of drug-likeness (QED) is 0.313. The van der Waals surface area contributed by atoms with Crippen LogP contribution in [0.25, 0.3) is 22.7 Å². The number of nitrogens with zero attached hydrogens (tertiary/aromatic N) is 5. The van der Waals surface area contributed by atoms with Crippen molar-refractivity contribution in [2.45, 2.75) is 34.2 Å². The molecule has 9 nitrogen and oxygen atoms in total. The van der Waals surface area contributed by atoms with E-state index < -0.39 is 4.92 Å². The van der Waals surface area contributed by atoms with E-state index in [9.17, 15) is 19.7 Å². The molecule has 0 spiro atoms. The van der Waals surface area contributed by atoms with Crippen LogP contribution >= 0.6 is 0 Å². The molecule has 1 aromatic carbocycles. The van der Waals surface area contributed by atoms with Gasteiger partial charge in [-0.15, -0.1) is 0 Å². The number of allylic oxidation sites excluding steroid dienone is 1. The molecule has 0 fully saturated rings. The van der Waals surface area contributed by atoms with Gasteiger partial charge in [0.05, 0.1) is 5.70 Å². The molecule has 0 bridgehead atoms. The normalized spacial score (nSPS) is 11.7. The summed E-state index contributed by atoms with van der Waals surface area (Å²) in [7, 11) is 0. The number of carbonyl (C=O) groups is 2. The van der Waals surface area contributed by atoms with Crippen molar-refractivity contribution in [1.29, 1.82) is 0 Å². The lowest BCUT2D eigenvalue weighted by atomic mass is 10.1. The Balaban J connectivity index is 2.11. The number of para-hydroxylation sites is 1. The minimum Gasteiger partial charge on any atom is -0.358 e. The lowest BCUT2D eigenvalue weighted by Crippen LogP contribution is -2.33. The Morgan fingerprint density at radius 3 is 2.45 bits per heavy atom. The number of hydrogen-bond donors (Lipinski definition) is 0. The summed E-state index contributed by atoms with van der Waals surface area (Å²) >= 11 is 0. The van der Waals surface area contributed by atoms with E-state index >= 15 is 0 Å². The molecule has 0 aliphatic rings. The molecule has 2 aromatic heterocycles. The van der Waals surface area contributed by atoms with E-state index in [1.54, 1.807) is 17.9 Å². The molecule has 9 heteroatoms. The van der Waals surface area contributed by atoms with Crippen LogP contribution in [0.15, 0.2) is 36.7 Å². The fourth-order valence-electron chi connectivity index (χ4n) is 3.62. The topological polar surface area (TPSA) is 103 Å². The van der Waals surface area contributed by atoms with E-state index in [1.807, 2.05) is 48.9 Å². The van der Waals surface area contributed by atoms with Gasteiger partial charge < -0.3 is 19.6 Å². The first-order valence-corrected chi connectivity index (χ1v) is 10.1. The fourth-order valence-corrected chi connectivity index (χ4v) is 3.62. The van der Waals surface area contributed by atoms with Crippen LogP contribution in [0, 0.1) is 17.0 Å². The number of benzene rings is 1. The summed E-state index contributed by atoms with van der Waals surface area (Å²) in [4.78, 5) is 41.2. The van der Waals surface area contributed by atoms with Crippen LogP contribution in [0.1, 0.15) is 32.2 Å². The van der Waals surface area contributed by atoms with Gasteiger partial charge in [0.2, 0.25) is 11.7 Å². The van der Waals surface area contributed by atoms with E-state index in [1.165, 1.54) is 17.7 Å². The molecule has 2 heterocycles. The number of rotatable bonds is 8. The van der Waals surface area contributed by atoms with Crippen molar-refractivity contribution in [3.8, 4) is 0 Å². The summed E-state index contributed by atoms with van der Waals surface area (Å²) in [5, 5.41) is 12.0. The van der Waals surface area contributed by atoms with E-state index in [0.29, 0.717) is 18.9 Å². The van der Waals surface area contributed by atoms with Crippen molar-refractivity contribution in [2.75, 3.05) is 13.1 Å². The van der Waals surface area contributed by atoms with E-state index in [4.69, 9.17) is 0 Å². The highest BCUT2D eigenvalue weighted by Gasteiger charge is 2.21.